The van der Waals surface area contributed by atoms with Gasteiger partial charge in [-0.25, -0.2) is 23.9 Å². The van der Waals surface area contributed by atoms with Crippen molar-refractivity contribution in [2.75, 3.05) is 31.3 Å². The molecule has 0 aromatic carbocycles. The molecule has 7 N–H and O–H groups in total. The molecule has 8 rings (SSSR count). The number of nitrogen functional groups attached to an aromatic ring is 2. The number of H-pyrrole nitrogens is 1. The van der Waals surface area contributed by atoms with Gasteiger partial charge in [0.1, 0.15) is 35.5 Å². The Morgan fingerprint density at radius 1 is 1.04 bits per heavy atom. The molecule has 4 fully saturated rings. The standard InChI is InChI=1S/C22H24FN9O11P2S/c23-10-9-3-38-44(34,35)43-15-14-20(31-6-27-11-8(24)1-2-26-16(11)31)41-22(15,4-37-14)5-39-45(36,46)42-13(10)19(40-9)32-7-28-12-17(32)29-21(25)30-18(12)33/h1-2,6-7,9-10,13-15,19-20H,3-5H2,(H2,24,26)(H,34,35)(H,36,46)(H3,25,29,30,33)/t9-,10+,13-,14-,15+,19-,20-,22+,45?/m1/s1. The molecule has 246 valence electrons. The van der Waals surface area contributed by atoms with Crippen LogP contribution in [0.4, 0.5) is 16.0 Å². The van der Waals surface area contributed by atoms with Crippen LogP contribution in [0, 0.1) is 0 Å². The number of rotatable bonds is 2. The summed E-state index contributed by atoms with van der Waals surface area (Å²) in [6.45, 7) is -5.96. The number of pyridine rings is 1. The van der Waals surface area contributed by atoms with Gasteiger partial charge in [0, 0.05) is 6.20 Å². The Morgan fingerprint density at radius 2 is 1.80 bits per heavy atom. The number of hydrogen-bond acceptors (Lipinski definition) is 16. The number of fused-ring (bicyclic) bond motifs is 4. The van der Waals surface area contributed by atoms with Gasteiger partial charge in [-0.15, -0.1) is 0 Å². The van der Waals surface area contributed by atoms with Crippen molar-refractivity contribution in [3.63, 3.8) is 0 Å². The summed E-state index contributed by atoms with van der Waals surface area (Å²) < 4.78 is 72.1. The number of ether oxygens (including phenoxy) is 3. The first-order valence-electron chi connectivity index (χ1n) is 13.5. The summed E-state index contributed by atoms with van der Waals surface area (Å²) in [5.74, 6) is -0.258. The highest BCUT2D eigenvalue weighted by atomic mass is 32.5. The molecule has 0 aliphatic carbocycles. The van der Waals surface area contributed by atoms with Crippen LogP contribution in [0.15, 0.2) is 29.7 Å². The normalized spacial score (nSPS) is 39.7. The molecule has 24 heteroatoms. The molecular formula is C22H24FN9O11P2S. The van der Waals surface area contributed by atoms with Gasteiger partial charge < -0.3 is 40.0 Å². The first-order chi connectivity index (χ1) is 21.8. The Labute approximate surface area is 260 Å². The molecule has 20 nitrogen and oxygen atoms in total. The van der Waals surface area contributed by atoms with E-state index < -0.39 is 82.0 Å². The summed E-state index contributed by atoms with van der Waals surface area (Å²) in [4.78, 5) is 53.2. The van der Waals surface area contributed by atoms with Crippen LogP contribution in [-0.4, -0.2) is 99.9 Å². The molecule has 0 amide bonds. The number of phosphoric ester groups is 1. The number of aromatic amines is 1. The number of nitrogens with two attached hydrogens (primary N) is 2. The third-order valence-electron chi connectivity index (χ3n) is 8.10. The lowest BCUT2D eigenvalue weighted by Crippen LogP contribution is -2.45. The molecule has 4 bridgehead atoms. The van der Waals surface area contributed by atoms with Crippen molar-refractivity contribution in [3.8, 4) is 0 Å². The monoisotopic (exact) mass is 703 g/mol. The van der Waals surface area contributed by atoms with Gasteiger partial charge in [-0.05, 0) is 17.9 Å². The second-order valence-electron chi connectivity index (χ2n) is 11.0. The minimum absolute atomic E-state index is 0.0948. The summed E-state index contributed by atoms with van der Waals surface area (Å²) in [5.41, 5.74) is 10.2. The quantitative estimate of drug-likeness (QED) is 0.169. The van der Waals surface area contributed by atoms with Gasteiger partial charge in [0.05, 0.1) is 38.2 Å². The van der Waals surface area contributed by atoms with Crippen molar-refractivity contribution in [1.29, 1.82) is 0 Å². The fraction of sp³-hybridized carbons (Fsp3) is 0.500. The van der Waals surface area contributed by atoms with Crippen molar-refractivity contribution < 1.29 is 51.0 Å². The molecule has 4 aliphatic heterocycles. The highest BCUT2D eigenvalue weighted by Gasteiger charge is 2.66. The zero-order valence-corrected chi connectivity index (χ0v) is 25.7. The van der Waals surface area contributed by atoms with Gasteiger partial charge >= 0.3 is 14.5 Å². The smallest absolute Gasteiger partial charge is 0.397 e. The van der Waals surface area contributed by atoms with Crippen molar-refractivity contribution in [2.45, 2.75) is 48.6 Å². The first kappa shape index (κ1) is 30.4. The SMILES string of the molecule is Nc1nc2c(ncn2[C@@H]2O[C@@H]3COP(=O)(O)O[C@H]4[C@H]5OC[C@@]4(COP(O)(=S)O[C@@H]2[C@H]3F)O[C@H]5n2cnc3c(N)ccnc32)c(=O)[nH]1. The van der Waals surface area contributed by atoms with Crippen molar-refractivity contribution >= 4 is 60.3 Å². The van der Waals surface area contributed by atoms with E-state index in [0.717, 1.165) is 10.9 Å². The van der Waals surface area contributed by atoms with E-state index in [-0.39, 0.29) is 23.7 Å². The minimum Gasteiger partial charge on any atom is -0.397 e. The summed E-state index contributed by atoms with van der Waals surface area (Å²) in [5, 5.41) is 0. The van der Waals surface area contributed by atoms with E-state index >= 15 is 4.39 Å². The molecular weight excluding hydrogens is 679 g/mol. The summed E-state index contributed by atoms with van der Waals surface area (Å²) in [7, 11) is -4.98. The lowest BCUT2D eigenvalue weighted by molar-refractivity contribution is -0.183. The average Bonchev–Trinajstić information content (AvgIpc) is 3.80. The maximum Gasteiger partial charge on any atom is 0.472 e. The lowest BCUT2D eigenvalue weighted by Gasteiger charge is -2.33. The second-order valence-corrected chi connectivity index (χ2v) is 15.2. The Balaban J connectivity index is 1.14. The molecule has 0 radical (unpaired) electrons. The van der Waals surface area contributed by atoms with E-state index in [0.29, 0.717) is 16.9 Å². The van der Waals surface area contributed by atoms with E-state index in [2.05, 4.69) is 24.9 Å². The zero-order chi connectivity index (χ0) is 32.2. The van der Waals surface area contributed by atoms with Gasteiger partial charge in [-0.1, -0.05) is 0 Å². The summed E-state index contributed by atoms with van der Waals surface area (Å²) in [6, 6.07) is 1.57. The fourth-order valence-corrected chi connectivity index (χ4v) is 8.45. The third kappa shape index (κ3) is 4.80. The number of halogens is 1. The van der Waals surface area contributed by atoms with Gasteiger partial charge in [0.2, 0.25) is 5.95 Å². The third-order valence-corrected chi connectivity index (χ3v) is 10.6. The molecule has 46 heavy (non-hydrogen) atoms. The maximum absolute atomic E-state index is 15.9. The topological polar surface area (TPSA) is 268 Å². The van der Waals surface area contributed by atoms with Crippen LogP contribution >= 0.6 is 14.5 Å². The highest BCUT2D eigenvalue weighted by Crippen LogP contribution is 2.58. The maximum atomic E-state index is 15.9. The van der Waals surface area contributed by atoms with Gasteiger partial charge in [-0.3, -0.25) is 32.5 Å². The van der Waals surface area contributed by atoms with Crippen LogP contribution in [0.3, 0.4) is 0 Å². The molecule has 2 unspecified atom stereocenters. The highest BCUT2D eigenvalue weighted by molar-refractivity contribution is 8.07. The number of nitrogens with one attached hydrogen (secondary N) is 1. The van der Waals surface area contributed by atoms with Gasteiger partial charge in [-0.2, -0.15) is 4.98 Å². The molecule has 4 aromatic rings. The Hall–Kier alpha value is -2.98. The van der Waals surface area contributed by atoms with E-state index in [1.807, 2.05) is 0 Å². The van der Waals surface area contributed by atoms with Crippen LogP contribution in [0.25, 0.3) is 22.3 Å². The number of imidazole rings is 2. The zero-order valence-electron chi connectivity index (χ0n) is 23.1. The van der Waals surface area contributed by atoms with Crippen LogP contribution in [-0.2, 0) is 48.7 Å². The number of alkyl halides is 1. The van der Waals surface area contributed by atoms with Crippen LogP contribution in [0.2, 0.25) is 0 Å². The fourth-order valence-electron chi connectivity index (χ4n) is 6.03. The van der Waals surface area contributed by atoms with Crippen LogP contribution < -0.4 is 17.0 Å². The Bertz CT molecular complexity index is 2030. The Kier molecular flexibility index (Phi) is 6.94. The molecule has 4 saturated heterocycles. The number of nitrogens with zero attached hydrogens (tertiary/aromatic N) is 6. The number of hydrogen-bond donors (Lipinski definition) is 5. The molecule has 10 atom stereocenters. The molecule has 4 aromatic heterocycles. The summed E-state index contributed by atoms with van der Waals surface area (Å²) >= 11 is 5.27. The molecule has 0 spiro atoms. The minimum atomic E-state index is -4.98. The van der Waals surface area contributed by atoms with E-state index in [1.54, 1.807) is 6.07 Å². The van der Waals surface area contributed by atoms with E-state index in [1.165, 1.54) is 17.1 Å². The number of anilines is 2. The first-order valence-corrected chi connectivity index (χ1v) is 17.6. The van der Waals surface area contributed by atoms with Crippen molar-refractivity contribution in [2.24, 2.45) is 0 Å². The number of aromatic nitrogens is 7. The second kappa shape index (κ2) is 10.5. The average molecular weight is 703 g/mol. The predicted molar refractivity (Wildman–Crippen MR) is 154 cm³/mol. The van der Waals surface area contributed by atoms with E-state index in [4.69, 9.17) is 55.6 Å². The molecule has 4 aliphatic rings. The van der Waals surface area contributed by atoms with Gasteiger partial charge in [0.15, 0.2) is 35.4 Å². The van der Waals surface area contributed by atoms with Crippen LogP contribution in [0.1, 0.15) is 12.5 Å². The van der Waals surface area contributed by atoms with Gasteiger partial charge in [0.25, 0.3) is 5.56 Å². The number of phosphoric acid groups is 1. The lowest BCUT2D eigenvalue weighted by atomic mass is 10.0. The summed E-state index contributed by atoms with van der Waals surface area (Å²) in [6.07, 6.45) is -6.17. The van der Waals surface area contributed by atoms with Crippen molar-refractivity contribution in [3.05, 3.63) is 35.3 Å². The molecule has 0 saturated carbocycles. The van der Waals surface area contributed by atoms with Crippen LogP contribution in [0.5, 0.6) is 0 Å². The largest absolute Gasteiger partial charge is 0.472 e. The Morgan fingerprint density at radius 3 is 2.61 bits per heavy atom. The van der Waals surface area contributed by atoms with E-state index in [9.17, 15) is 19.1 Å². The predicted octanol–water partition coefficient (Wildman–Crippen LogP) is -0.235. The molecule has 8 heterocycles. The van der Waals surface area contributed by atoms with Crippen molar-refractivity contribution in [1.82, 2.24) is 34.1 Å².